The molecule has 1 aliphatic carbocycles. The summed E-state index contributed by atoms with van der Waals surface area (Å²) >= 11 is 0. The number of aromatic nitrogens is 1. The molecule has 1 saturated carbocycles. The summed E-state index contributed by atoms with van der Waals surface area (Å²) in [5, 5.41) is 0. The van der Waals surface area contributed by atoms with E-state index in [-0.39, 0.29) is 5.78 Å². The van der Waals surface area contributed by atoms with Crippen LogP contribution in [-0.2, 0) is 4.74 Å². The third-order valence-electron chi connectivity index (χ3n) is 4.16. The molecule has 0 spiro atoms. The van der Waals surface area contributed by atoms with Crippen molar-refractivity contribution in [2.45, 2.75) is 57.5 Å². The van der Waals surface area contributed by atoms with E-state index in [1.807, 2.05) is 6.92 Å². The van der Waals surface area contributed by atoms with E-state index < -0.39 is 5.60 Å². The van der Waals surface area contributed by atoms with Crippen LogP contribution in [0.5, 0.6) is 5.75 Å². The molecule has 116 valence electrons. The molecule has 1 aliphatic rings. The Morgan fingerprint density at radius 1 is 1.24 bits per heavy atom. The van der Waals surface area contributed by atoms with E-state index in [1.165, 1.54) is 12.8 Å². The van der Waals surface area contributed by atoms with E-state index in [0.717, 1.165) is 32.1 Å². The second-order valence-corrected chi connectivity index (χ2v) is 5.70. The monoisotopic (exact) mass is 291 g/mol. The van der Waals surface area contributed by atoms with Gasteiger partial charge < -0.3 is 9.47 Å². The van der Waals surface area contributed by atoms with Crippen molar-refractivity contribution in [3.8, 4) is 5.75 Å². The van der Waals surface area contributed by atoms with Gasteiger partial charge >= 0.3 is 0 Å². The topological polar surface area (TPSA) is 48.4 Å². The predicted molar refractivity (Wildman–Crippen MR) is 81.8 cm³/mol. The standard InChI is InChI=1S/C17H25NO3/c1-3-10-21-15-11-14(12-18-13-15)16(19)17(20-2)8-6-4-5-7-9-17/h11-13H,3-10H2,1-2H3. The van der Waals surface area contributed by atoms with Gasteiger partial charge in [0.05, 0.1) is 12.8 Å². The summed E-state index contributed by atoms with van der Waals surface area (Å²) < 4.78 is 11.2. The second kappa shape index (κ2) is 7.55. The number of nitrogens with zero attached hydrogens (tertiary/aromatic N) is 1. The highest BCUT2D eigenvalue weighted by molar-refractivity contribution is 6.02. The molecule has 0 amide bonds. The first-order valence-corrected chi connectivity index (χ1v) is 7.89. The van der Waals surface area contributed by atoms with E-state index in [4.69, 9.17) is 9.47 Å². The molecule has 1 aromatic rings. The van der Waals surface area contributed by atoms with Gasteiger partial charge in [0.15, 0.2) is 5.78 Å². The van der Waals surface area contributed by atoms with Gasteiger partial charge in [-0.2, -0.15) is 0 Å². The Hall–Kier alpha value is -1.42. The minimum atomic E-state index is -0.679. The van der Waals surface area contributed by atoms with Gasteiger partial charge in [-0.15, -0.1) is 0 Å². The lowest BCUT2D eigenvalue weighted by atomic mass is 9.86. The SMILES string of the molecule is CCCOc1cncc(C(=O)C2(OC)CCCCCC2)c1. The maximum atomic E-state index is 12.9. The van der Waals surface area contributed by atoms with E-state index in [0.29, 0.717) is 17.9 Å². The zero-order valence-corrected chi connectivity index (χ0v) is 13.1. The first-order chi connectivity index (χ1) is 10.2. The number of Topliss-reactive ketones (excluding diaryl/α,β-unsaturated/α-hetero) is 1. The summed E-state index contributed by atoms with van der Waals surface area (Å²) in [4.78, 5) is 17.1. The Morgan fingerprint density at radius 2 is 1.95 bits per heavy atom. The van der Waals surface area contributed by atoms with E-state index in [9.17, 15) is 4.79 Å². The van der Waals surface area contributed by atoms with Gasteiger partial charge in [-0.3, -0.25) is 9.78 Å². The molecule has 21 heavy (non-hydrogen) atoms. The minimum absolute atomic E-state index is 0.0429. The van der Waals surface area contributed by atoms with Crippen LogP contribution < -0.4 is 4.74 Å². The maximum absolute atomic E-state index is 12.9. The highest BCUT2D eigenvalue weighted by atomic mass is 16.5. The normalized spacial score (nSPS) is 18.0. The lowest BCUT2D eigenvalue weighted by Gasteiger charge is -2.29. The summed E-state index contributed by atoms with van der Waals surface area (Å²) in [6.45, 7) is 2.68. The summed E-state index contributed by atoms with van der Waals surface area (Å²) in [6.07, 6.45) is 10.2. The average molecular weight is 291 g/mol. The molecule has 1 heterocycles. The number of methoxy groups -OCH3 is 1. The van der Waals surface area contributed by atoms with Crippen molar-refractivity contribution in [1.29, 1.82) is 0 Å². The lowest BCUT2D eigenvalue weighted by Crippen LogP contribution is -2.40. The van der Waals surface area contributed by atoms with Crippen LogP contribution in [0.3, 0.4) is 0 Å². The molecule has 4 heteroatoms. The third-order valence-corrected chi connectivity index (χ3v) is 4.16. The van der Waals surface area contributed by atoms with Gasteiger partial charge in [0, 0.05) is 18.9 Å². The largest absolute Gasteiger partial charge is 0.492 e. The fourth-order valence-electron chi connectivity index (χ4n) is 2.93. The number of carbonyl (C=O) groups excluding carboxylic acids is 1. The van der Waals surface area contributed by atoms with Crippen molar-refractivity contribution in [3.05, 3.63) is 24.0 Å². The molecule has 1 fully saturated rings. The van der Waals surface area contributed by atoms with Crippen molar-refractivity contribution in [2.75, 3.05) is 13.7 Å². The molecule has 0 unspecified atom stereocenters. The zero-order valence-electron chi connectivity index (χ0n) is 13.1. The number of hydrogen-bond donors (Lipinski definition) is 0. The van der Waals surface area contributed by atoms with Crippen LogP contribution in [0.15, 0.2) is 18.5 Å². The molecule has 0 aromatic carbocycles. The fraction of sp³-hybridized carbons (Fsp3) is 0.647. The molecule has 0 aliphatic heterocycles. The number of rotatable bonds is 6. The smallest absolute Gasteiger partial charge is 0.196 e. The minimum Gasteiger partial charge on any atom is -0.492 e. The van der Waals surface area contributed by atoms with Crippen molar-refractivity contribution >= 4 is 5.78 Å². The number of ketones is 1. The van der Waals surface area contributed by atoms with Gasteiger partial charge in [-0.05, 0) is 25.3 Å². The van der Waals surface area contributed by atoms with Crippen LogP contribution in [0.4, 0.5) is 0 Å². The summed E-state index contributed by atoms with van der Waals surface area (Å²) in [7, 11) is 1.65. The zero-order chi connectivity index (χ0) is 15.1. The molecule has 0 atom stereocenters. The number of ether oxygens (including phenoxy) is 2. The molecule has 1 aromatic heterocycles. The molecule has 2 rings (SSSR count). The molecule has 0 radical (unpaired) electrons. The summed E-state index contributed by atoms with van der Waals surface area (Å²) in [6, 6.07) is 1.79. The molecule has 0 N–H and O–H groups in total. The fourth-order valence-corrected chi connectivity index (χ4v) is 2.93. The summed E-state index contributed by atoms with van der Waals surface area (Å²) in [5.41, 5.74) is -0.0889. The van der Waals surface area contributed by atoms with Gasteiger partial charge in [0.2, 0.25) is 0 Å². The number of carbonyl (C=O) groups is 1. The van der Waals surface area contributed by atoms with Crippen molar-refractivity contribution in [2.24, 2.45) is 0 Å². The highest BCUT2D eigenvalue weighted by Crippen LogP contribution is 2.33. The van der Waals surface area contributed by atoms with Crippen LogP contribution in [-0.4, -0.2) is 30.1 Å². The molecular formula is C17H25NO3. The van der Waals surface area contributed by atoms with Crippen LogP contribution in [0.2, 0.25) is 0 Å². The average Bonchev–Trinajstić information content (AvgIpc) is 2.79. The van der Waals surface area contributed by atoms with Crippen LogP contribution in [0, 0.1) is 0 Å². The molecule has 0 saturated heterocycles. The Bertz CT molecular complexity index is 465. The van der Waals surface area contributed by atoms with Gasteiger partial charge in [-0.1, -0.05) is 32.6 Å². The second-order valence-electron chi connectivity index (χ2n) is 5.70. The van der Waals surface area contributed by atoms with Crippen molar-refractivity contribution in [3.63, 3.8) is 0 Å². The van der Waals surface area contributed by atoms with Crippen molar-refractivity contribution in [1.82, 2.24) is 4.98 Å². The quantitative estimate of drug-likeness (QED) is 0.591. The first-order valence-electron chi connectivity index (χ1n) is 7.89. The Kier molecular flexibility index (Phi) is 5.74. The molecule has 4 nitrogen and oxygen atoms in total. The van der Waals surface area contributed by atoms with Gasteiger partial charge in [0.25, 0.3) is 0 Å². The first kappa shape index (κ1) is 16.0. The molecular weight excluding hydrogens is 266 g/mol. The Morgan fingerprint density at radius 3 is 2.57 bits per heavy atom. The highest BCUT2D eigenvalue weighted by Gasteiger charge is 2.39. The predicted octanol–water partition coefficient (Wildman–Crippen LogP) is 3.79. The van der Waals surface area contributed by atoms with Crippen LogP contribution in [0.25, 0.3) is 0 Å². The van der Waals surface area contributed by atoms with E-state index in [1.54, 1.807) is 25.6 Å². The van der Waals surface area contributed by atoms with E-state index in [2.05, 4.69) is 4.98 Å². The third kappa shape index (κ3) is 3.82. The lowest BCUT2D eigenvalue weighted by molar-refractivity contribution is -0.00697. The Labute approximate surface area is 126 Å². The summed E-state index contributed by atoms with van der Waals surface area (Å²) in [5.74, 6) is 0.698. The van der Waals surface area contributed by atoms with Crippen LogP contribution >= 0.6 is 0 Å². The van der Waals surface area contributed by atoms with Crippen LogP contribution in [0.1, 0.15) is 62.2 Å². The van der Waals surface area contributed by atoms with E-state index >= 15 is 0 Å². The Balaban J connectivity index is 2.20. The maximum Gasteiger partial charge on any atom is 0.196 e. The van der Waals surface area contributed by atoms with Crippen molar-refractivity contribution < 1.29 is 14.3 Å². The van der Waals surface area contributed by atoms with Gasteiger partial charge in [-0.25, -0.2) is 0 Å². The number of pyridine rings is 1. The molecule has 0 bridgehead atoms. The number of hydrogen-bond acceptors (Lipinski definition) is 4. The van der Waals surface area contributed by atoms with Gasteiger partial charge in [0.1, 0.15) is 11.4 Å².